The monoisotopic (exact) mass is 741 g/mol. The number of benzene rings is 2. The fourth-order valence-corrected chi connectivity index (χ4v) is 7.65. The molecule has 2 heterocycles. The van der Waals surface area contributed by atoms with E-state index in [2.05, 4.69) is 27.7 Å². The lowest BCUT2D eigenvalue weighted by molar-refractivity contribution is -0.843. The minimum Gasteiger partial charge on any atom is -0.326 e. The van der Waals surface area contributed by atoms with Crippen LogP contribution in [0.2, 0.25) is 20.1 Å². The first-order valence-corrected chi connectivity index (χ1v) is 19.3. The van der Waals surface area contributed by atoms with Crippen LogP contribution in [0.5, 0.6) is 0 Å². The number of likely N-dealkylation sites (N-methyl/N-ethyl adjacent to an activating group) is 1. The van der Waals surface area contributed by atoms with Crippen molar-refractivity contribution >= 4 is 89.4 Å². The summed E-state index contributed by atoms with van der Waals surface area (Å²) >= 11 is 25.6. The highest BCUT2D eigenvalue weighted by Crippen LogP contribution is 2.45. The zero-order valence-electron chi connectivity index (χ0n) is 24.9. The molecule has 248 valence electrons. The third-order valence-electron chi connectivity index (χ3n) is 7.86. The molecule has 0 bridgehead atoms. The van der Waals surface area contributed by atoms with Crippen LogP contribution in [0.4, 0.5) is 22.7 Å². The molecule has 0 fully saturated rings. The van der Waals surface area contributed by atoms with Crippen molar-refractivity contribution < 1.29 is 30.8 Å². The number of halogens is 4. The number of nitrogens with zero attached hydrogens (tertiary/aromatic N) is 3. The molecule has 3 N–H and O–H groups in total. The molecule has 10 nitrogen and oxygen atoms in total. The molecule has 0 aliphatic carbocycles. The summed E-state index contributed by atoms with van der Waals surface area (Å²) in [5.74, 6) is 0.221. The lowest BCUT2D eigenvalue weighted by atomic mass is 10.2. The molecule has 2 aromatic rings. The SMILES string of the molecule is CCN1/C(=C/C=C/C2N(CCCCS(=O)(=O)O)c3cc(Cl)c(Cl)cc3[NH+]2CC)N(CCCCS(=O)(=O)O)c2cc(Cl)c(Cl)cc21. The summed E-state index contributed by atoms with van der Waals surface area (Å²) in [5.41, 5.74) is 3.61. The molecule has 0 spiro atoms. The molecule has 4 rings (SSSR count). The highest BCUT2D eigenvalue weighted by atomic mass is 35.5. The second kappa shape index (κ2) is 15.0. The van der Waals surface area contributed by atoms with Crippen molar-refractivity contribution in [1.82, 2.24) is 0 Å². The second-order valence-corrected chi connectivity index (χ2v) is 15.6. The summed E-state index contributed by atoms with van der Waals surface area (Å²) < 4.78 is 63.5. The van der Waals surface area contributed by atoms with Crippen molar-refractivity contribution in [3.63, 3.8) is 0 Å². The Labute approximate surface area is 285 Å². The Hall–Kier alpha value is -1.74. The quantitative estimate of drug-likeness (QED) is 0.157. The summed E-state index contributed by atoms with van der Waals surface area (Å²) in [5, 5.41) is 1.69. The number of anilines is 3. The van der Waals surface area contributed by atoms with Crippen molar-refractivity contribution in [2.45, 2.75) is 45.7 Å². The molecule has 0 amide bonds. The van der Waals surface area contributed by atoms with E-state index in [1.165, 1.54) is 0 Å². The minimum absolute atomic E-state index is 0.159. The third-order valence-corrected chi connectivity index (χ3v) is 10.9. The van der Waals surface area contributed by atoms with Crippen LogP contribution in [0.25, 0.3) is 0 Å². The summed E-state index contributed by atoms with van der Waals surface area (Å²) in [6, 6.07) is 7.31. The number of quaternary nitrogens is 1. The third kappa shape index (κ3) is 8.79. The number of hydrogen-bond donors (Lipinski definition) is 3. The Morgan fingerprint density at radius 2 is 1.27 bits per heavy atom. The summed E-state index contributed by atoms with van der Waals surface area (Å²) in [6.45, 7) is 6.46. The average Bonchev–Trinajstić information content (AvgIpc) is 3.38. The highest BCUT2D eigenvalue weighted by Gasteiger charge is 2.39. The van der Waals surface area contributed by atoms with Gasteiger partial charge in [0.1, 0.15) is 11.5 Å². The van der Waals surface area contributed by atoms with Crippen molar-refractivity contribution in [3.05, 3.63) is 68.4 Å². The van der Waals surface area contributed by atoms with E-state index in [1.54, 1.807) is 6.07 Å². The number of rotatable bonds is 14. The Balaban J connectivity index is 1.67. The van der Waals surface area contributed by atoms with Gasteiger partial charge in [-0.3, -0.25) is 14.0 Å². The lowest BCUT2D eigenvalue weighted by Crippen LogP contribution is -3.10. The zero-order chi connectivity index (χ0) is 33.1. The Kier molecular flexibility index (Phi) is 12.0. The van der Waals surface area contributed by atoms with Crippen molar-refractivity contribution in [1.29, 1.82) is 0 Å². The molecule has 45 heavy (non-hydrogen) atoms. The summed E-state index contributed by atoms with van der Waals surface area (Å²) in [4.78, 5) is 7.47. The lowest BCUT2D eigenvalue weighted by Gasteiger charge is -2.26. The van der Waals surface area contributed by atoms with Gasteiger partial charge in [0.05, 0.1) is 49.5 Å². The highest BCUT2D eigenvalue weighted by molar-refractivity contribution is 7.86. The normalized spacial score (nSPS) is 19.3. The van der Waals surface area contributed by atoms with Crippen LogP contribution in [0.3, 0.4) is 0 Å². The second-order valence-electron chi connectivity index (χ2n) is 10.8. The van der Waals surface area contributed by atoms with Gasteiger partial charge in [-0.25, -0.2) is 0 Å². The zero-order valence-corrected chi connectivity index (χ0v) is 29.5. The molecular formula is C29H37Cl4N4O6S2+. The maximum absolute atomic E-state index is 11.3. The molecule has 0 saturated carbocycles. The molecule has 0 saturated heterocycles. The number of nitrogens with one attached hydrogen (secondary N) is 1. The maximum atomic E-state index is 11.3. The van der Waals surface area contributed by atoms with Crippen LogP contribution in [0, 0.1) is 0 Å². The topological polar surface area (TPSA) is 123 Å². The van der Waals surface area contributed by atoms with Crippen molar-refractivity contribution in [3.8, 4) is 0 Å². The van der Waals surface area contributed by atoms with Crippen LogP contribution in [-0.2, 0) is 20.2 Å². The number of fused-ring (bicyclic) bond motifs is 2. The van der Waals surface area contributed by atoms with Crippen LogP contribution >= 0.6 is 46.4 Å². The molecular weight excluding hydrogens is 706 g/mol. The molecule has 2 atom stereocenters. The van der Waals surface area contributed by atoms with Gasteiger partial charge in [0.2, 0.25) is 0 Å². The number of unbranched alkanes of at least 4 members (excludes halogenated alkanes) is 2. The van der Waals surface area contributed by atoms with Gasteiger partial charge in [0, 0.05) is 25.7 Å². The molecule has 2 unspecified atom stereocenters. The Morgan fingerprint density at radius 3 is 1.80 bits per heavy atom. The van der Waals surface area contributed by atoms with Crippen LogP contribution in [-0.4, -0.2) is 69.8 Å². The van der Waals surface area contributed by atoms with Gasteiger partial charge in [0.25, 0.3) is 20.2 Å². The van der Waals surface area contributed by atoms with E-state index >= 15 is 0 Å². The van der Waals surface area contributed by atoms with Gasteiger partial charge in [-0.1, -0.05) is 52.5 Å². The minimum atomic E-state index is -4.06. The predicted octanol–water partition coefficient (Wildman–Crippen LogP) is 6.06. The maximum Gasteiger partial charge on any atom is 0.264 e. The number of allylic oxidation sites excluding steroid dienone is 2. The van der Waals surface area contributed by atoms with Crippen LogP contribution in [0.15, 0.2) is 48.3 Å². The van der Waals surface area contributed by atoms with E-state index in [0.717, 1.165) is 40.0 Å². The van der Waals surface area contributed by atoms with E-state index in [1.807, 2.05) is 37.3 Å². The van der Waals surface area contributed by atoms with Gasteiger partial charge in [-0.2, -0.15) is 16.8 Å². The van der Waals surface area contributed by atoms with E-state index in [4.69, 9.17) is 46.4 Å². The molecule has 2 aliphatic rings. The van der Waals surface area contributed by atoms with Crippen LogP contribution in [0.1, 0.15) is 39.5 Å². The first-order valence-electron chi connectivity index (χ1n) is 14.6. The molecule has 0 aromatic heterocycles. The average molecular weight is 744 g/mol. The number of hydrogen-bond acceptors (Lipinski definition) is 7. The fourth-order valence-electron chi connectivity index (χ4n) is 5.87. The molecule has 16 heteroatoms. The van der Waals surface area contributed by atoms with Gasteiger partial charge >= 0.3 is 0 Å². The standard InChI is InChI=1S/C29H36Cl4N4O6S2/c1-3-34-24-16-20(30)22(32)18-26(24)36(12-5-7-14-44(38,39)40)28(34)10-9-11-29-35(4-2)25-17-21(31)23(33)19-27(25)37(29)13-6-8-15-45(41,42)43/h9-11,16-19,28H,3-8,12-15H2,1-2H3,(H,38,39,40)(H,41,42,43)/p+1/b10-9+,29-11-. The van der Waals surface area contributed by atoms with E-state index in [-0.39, 0.29) is 24.1 Å². The van der Waals surface area contributed by atoms with Gasteiger partial charge in [0.15, 0.2) is 11.9 Å². The van der Waals surface area contributed by atoms with Crippen molar-refractivity contribution in [2.24, 2.45) is 0 Å². The van der Waals surface area contributed by atoms with Gasteiger partial charge in [-0.05, 0) is 69.9 Å². The van der Waals surface area contributed by atoms with Gasteiger partial charge in [-0.15, -0.1) is 0 Å². The Bertz CT molecular complexity index is 1690. The van der Waals surface area contributed by atoms with Crippen molar-refractivity contribution in [2.75, 3.05) is 52.4 Å². The fraction of sp³-hybridized carbons (Fsp3) is 0.448. The van der Waals surface area contributed by atoms with Crippen LogP contribution < -0.4 is 19.6 Å². The van der Waals surface area contributed by atoms with E-state index < -0.39 is 20.2 Å². The molecule has 0 radical (unpaired) electrons. The first kappa shape index (κ1) is 36.1. The molecule has 2 aromatic carbocycles. The summed E-state index contributed by atoms with van der Waals surface area (Å²) in [7, 11) is -8.12. The van der Waals surface area contributed by atoms with Gasteiger partial charge < -0.3 is 14.7 Å². The van der Waals surface area contributed by atoms with E-state index in [9.17, 15) is 25.9 Å². The first-order chi connectivity index (χ1) is 21.1. The van der Waals surface area contributed by atoms with E-state index in [0.29, 0.717) is 59.0 Å². The summed E-state index contributed by atoms with van der Waals surface area (Å²) in [6.07, 6.45) is 7.49. The largest absolute Gasteiger partial charge is 0.326 e. The molecule has 2 aliphatic heterocycles. The predicted molar refractivity (Wildman–Crippen MR) is 184 cm³/mol. The Morgan fingerprint density at radius 1 is 0.756 bits per heavy atom. The smallest absolute Gasteiger partial charge is 0.264 e.